The van der Waals surface area contributed by atoms with Crippen LogP contribution in [-0.4, -0.2) is 50.3 Å². The zero-order valence-corrected chi connectivity index (χ0v) is 10.6. The molecular weight excluding hydrogens is 224 g/mol. The van der Waals surface area contributed by atoms with Crippen LogP contribution in [0.25, 0.3) is 0 Å². The Bertz CT molecular complexity index is 349. The van der Waals surface area contributed by atoms with Crippen LogP contribution in [0.15, 0.2) is 11.3 Å². The van der Waals surface area contributed by atoms with E-state index in [1.54, 1.807) is 4.90 Å². The van der Waals surface area contributed by atoms with Crippen LogP contribution < -0.4 is 5.32 Å². The molecule has 0 saturated carbocycles. The van der Waals surface area contributed by atoms with Gasteiger partial charge in [-0.15, -0.1) is 0 Å². The van der Waals surface area contributed by atoms with Crippen molar-refractivity contribution in [2.24, 2.45) is 0 Å². The maximum absolute atomic E-state index is 11.9. The van der Waals surface area contributed by atoms with Gasteiger partial charge in [-0.1, -0.05) is 0 Å². The van der Waals surface area contributed by atoms with Crippen LogP contribution in [0.2, 0.25) is 0 Å². The summed E-state index contributed by atoms with van der Waals surface area (Å²) in [5, 5.41) is 2.54. The van der Waals surface area contributed by atoms with E-state index in [1.165, 1.54) is 14.2 Å². The number of carbonyl (C=O) groups is 2. The van der Waals surface area contributed by atoms with Gasteiger partial charge < -0.3 is 19.7 Å². The van der Waals surface area contributed by atoms with Gasteiger partial charge in [0.05, 0.1) is 19.2 Å². The fraction of sp³-hybridized carbons (Fsp3) is 0.636. The lowest BCUT2D eigenvalue weighted by Crippen LogP contribution is -2.35. The molecule has 0 fully saturated rings. The lowest BCUT2D eigenvalue weighted by Gasteiger charge is -2.20. The number of hydrogen-bond acceptors (Lipinski definition) is 4. The van der Waals surface area contributed by atoms with Gasteiger partial charge in [0.25, 0.3) is 11.8 Å². The summed E-state index contributed by atoms with van der Waals surface area (Å²) in [6, 6.07) is 0.0281. The summed E-state index contributed by atoms with van der Waals surface area (Å²) in [6.45, 7) is 4.16. The maximum Gasteiger partial charge on any atom is 0.290 e. The minimum absolute atomic E-state index is 0.0281. The molecule has 6 nitrogen and oxygen atoms in total. The van der Waals surface area contributed by atoms with Crippen molar-refractivity contribution < 1.29 is 19.1 Å². The average Bonchev–Trinajstić information content (AvgIpc) is 2.63. The molecule has 0 radical (unpaired) electrons. The molecule has 0 saturated heterocycles. The normalized spacial score (nSPS) is 15.8. The van der Waals surface area contributed by atoms with Crippen LogP contribution in [0, 0.1) is 0 Å². The Labute approximate surface area is 101 Å². The van der Waals surface area contributed by atoms with Crippen LogP contribution in [0.5, 0.6) is 0 Å². The Morgan fingerprint density at radius 3 is 2.59 bits per heavy atom. The molecule has 0 spiro atoms. The van der Waals surface area contributed by atoms with Crippen molar-refractivity contribution in [2.75, 3.05) is 27.5 Å². The molecule has 0 aliphatic carbocycles. The second kappa shape index (κ2) is 5.67. The number of ether oxygens (including phenoxy) is 2. The number of carbonyl (C=O) groups excluding carboxylic acids is 2. The third-order valence-corrected chi connectivity index (χ3v) is 2.54. The van der Waals surface area contributed by atoms with Crippen molar-refractivity contribution in [1.82, 2.24) is 10.2 Å². The molecule has 0 aromatic rings. The summed E-state index contributed by atoms with van der Waals surface area (Å²) >= 11 is 0. The Morgan fingerprint density at radius 1 is 1.47 bits per heavy atom. The summed E-state index contributed by atoms with van der Waals surface area (Å²) in [5.41, 5.74) is 0.350. The third kappa shape index (κ3) is 2.76. The quantitative estimate of drug-likeness (QED) is 0.681. The lowest BCUT2D eigenvalue weighted by atomic mass is 10.2. The molecule has 1 heterocycles. The lowest BCUT2D eigenvalue weighted by molar-refractivity contribution is -0.129. The van der Waals surface area contributed by atoms with Crippen LogP contribution in [0.3, 0.4) is 0 Å². The largest absolute Gasteiger partial charge is 0.491 e. The van der Waals surface area contributed by atoms with Gasteiger partial charge >= 0.3 is 0 Å². The van der Waals surface area contributed by atoms with Crippen molar-refractivity contribution in [2.45, 2.75) is 19.9 Å². The summed E-state index contributed by atoms with van der Waals surface area (Å²) in [4.78, 5) is 25.3. The number of rotatable bonds is 5. The van der Waals surface area contributed by atoms with E-state index in [1.807, 2.05) is 13.8 Å². The topological polar surface area (TPSA) is 67.9 Å². The molecule has 96 valence electrons. The van der Waals surface area contributed by atoms with E-state index in [-0.39, 0.29) is 36.9 Å². The van der Waals surface area contributed by atoms with E-state index in [0.717, 1.165) is 0 Å². The van der Waals surface area contributed by atoms with E-state index < -0.39 is 0 Å². The number of methoxy groups -OCH3 is 2. The standard InChI is InChI=1S/C11H18N2O4/c1-7(2)13-5-8(9(17-4)11(13)15)10(14)12-6-16-3/h7H,5-6H2,1-4H3,(H,12,14). The SMILES string of the molecule is COCNC(=O)C1=C(OC)C(=O)N(C(C)C)C1. The van der Waals surface area contributed by atoms with Crippen molar-refractivity contribution >= 4 is 11.8 Å². The molecule has 1 aliphatic heterocycles. The Balaban J connectivity index is 2.85. The number of nitrogens with zero attached hydrogens (tertiary/aromatic N) is 1. The fourth-order valence-electron chi connectivity index (χ4n) is 1.62. The van der Waals surface area contributed by atoms with Gasteiger partial charge in [0, 0.05) is 13.2 Å². The smallest absolute Gasteiger partial charge is 0.290 e. The maximum atomic E-state index is 11.9. The zero-order chi connectivity index (χ0) is 13.0. The summed E-state index contributed by atoms with van der Waals surface area (Å²) in [5.74, 6) is -0.461. The van der Waals surface area contributed by atoms with Gasteiger partial charge in [-0.25, -0.2) is 0 Å². The monoisotopic (exact) mass is 242 g/mol. The summed E-state index contributed by atoms with van der Waals surface area (Å²) in [7, 11) is 2.87. The molecule has 0 atom stereocenters. The van der Waals surface area contributed by atoms with E-state index in [4.69, 9.17) is 9.47 Å². The van der Waals surface area contributed by atoms with Gasteiger partial charge in [0.1, 0.15) is 6.73 Å². The highest BCUT2D eigenvalue weighted by molar-refractivity contribution is 6.07. The van der Waals surface area contributed by atoms with Crippen LogP contribution in [-0.2, 0) is 19.1 Å². The van der Waals surface area contributed by atoms with Crippen molar-refractivity contribution in [3.05, 3.63) is 11.3 Å². The highest BCUT2D eigenvalue weighted by atomic mass is 16.5. The average molecular weight is 242 g/mol. The van der Waals surface area contributed by atoms with Crippen LogP contribution in [0.1, 0.15) is 13.8 Å². The second-order valence-electron chi connectivity index (χ2n) is 3.98. The third-order valence-electron chi connectivity index (χ3n) is 2.54. The summed E-state index contributed by atoms with van der Waals surface area (Å²) < 4.78 is 9.75. The van der Waals surface area contributed by atoms with Crippen LogP contribution in [0.4, 0.5) is 0 Å². The highest BCUT2D eigenvalue weighted by Gasteiger charge is 2.36. The first-order valence-corrected chi connectivity index (χ1v) is 5.38. The Hall–Kier alpha value is -1.56. The second-order valence-corrected chi connectivity index (χ2v) is 3.98. The summed E-state index contributed by atoms with van der Waals surface area (Å²) in [6.07, 6.45) is 0. The first kappa shape index (κ1) is 13.5. The minimum Gasteiger partial charge on any atom is -0.491 e. The first-order chi connectivity index (χ1) is 8.02. The van der Waals surface area contributed by atoms with E-state index in [2.05, 4.69) is 5.32 Å². The van der Waals surface area contributed by atoms with Crippen molar-refractivity contribution in [3.63, 3.8) is 0 Å². The number of amides is 2. The predicted octanol–water partition coefficient (Wildman–Crippen LogP) is -0.142. The molecule has 0 bridgehead atoms. The van der Waals surface area contributed by atoms with Gasteiger partial charge in [-0.2, -0.15) is 0 Å². The van der Waals surface area contributed by atoms with Gasteiger partial charge in [0.2, 0.25) is 0 Å². The minimum atomic E-state index is -0.333. The molecule has 0 unspecified atom stereocenters. The van der Waals surface area contributed by atoms with Crippen LogP contribution >= 0.6 is 0 Å². The highest BCUT2D eigenvalue weighted by Crippen LogP contribution is 2.21. The van der Waals surface area contributed by atoms with E-state index >= 15 is 0 Å². The zero-order valence-electron chi connectivity index (χ0n) is 10.6. The Kier molecular flexibility index (Phi) is 4.51. The van der Waals surface area contributed by atoms with Gasteiger partial charge in [0.15, 0.2) is 5.76 Å². The van der Waals surface area contributed by atoms with E-state index in [9.17, 15) is 9.59 Å². The molecule has 17 heavy (non-hydrogen) atoms. The predicted molar refractivity (Wildman–Crippen MR) is 60.9 cm³/mol. The first-order valence-electron chi connectivity index (χ1n) is 5.38. The van der Waals surface area contributed by atoms with Crippen molar-refractivity contribution in [1.29, 1.82) is 0 Å². The molecule has 1 N–H and O–H groups in total. The number of hydrogen-bond donors (Lipinski definition) is 1. The molecule has 2 amide bonds. The van der Waals surface area contributed by atoms with Gasteiger partial charge in [-0.05, 0) is 13.8 Å². The van der Waals surface area contributed by atoms with Gasteiger partial charge in [-0.3, -0.25) is 9.59 Å². The molecule has 1 rings (SSSR count). The molecular formula is C11H18N2O4. The fourth-order valence-corrected chi connectivity index (χ4v) is 1.62. The Morgan fingerprint density at radius 2 is 2.12 bits per heavy atom. The number of nitrogens with one attached hydrogen (secondary N) is 1. The molecule has 6 heteroatoms. The van der Waals surface area contributed by atoms with Crippen molar-refractivity contribution in [3.8, 4) is 0 Å². The van der Waals surface area contributed by atoms with E-state index in [0.29, 0.717) is 5.57 Å². The molecule has 1 aliphatic rings. The molecule has 0 aromatic carbocycles. The molecule has 0 aromatic heterocycles.